The number of benzene rings is 2. The molecule has 2 rings (SSSR count). The second-order valence-electron chi connectivity index (χ2n) is 4.19. The monoisotopic (exact) mass is 303 g/mol. The number of Topliss-reactive ketones (excluding diaryl/α,β-unsaturated/α-hetero) is 1. The van der Waals surface area contributed by atoms with E-state index in [0.717, 1.165) is 4.90 Å². The predicted molar refractivity (Wildman–Crippen MR) is 81.1 cm³/mol. The summed E-state index contributed by atoms with van der Waals surface area (Å²) in [6.45, 7) is 0. The van der Waals surface area contributed by atoms with Crippen LogP contribution < -0.4 is 4.74 Å². The number of carbonyl (C=O) groups excluding carboxylic acids is 1. The molecule has 0 atom stereocenters. The lowest BCUT2D eigenvalue weighted by molar-refractivity contribution is -0.384. The number of carbonyl (C=O) groups is 1. The number of hydrogen-bond donors (Lipinski definition) is 0. The number of methoxy groups -OCH3 is 1. The Bertz CT molecular complexity index is 638. The normalized spacial score (nSPS) is 10.1. The summed E-state index contributed by atoms with van der Waals surface area (Å²) in [5, 5.41) is 10.6. The van der Waals surface area contributed by atoms with Crippen LogP contribution in [0.2, 0.25) is 0 Å². The van der Waals surface area contributed by atoms with Crippen LogP contribution in [0.25, 0.3) is 0 Å². The highest BCUT2D eigenvalue weighted by Gasteiger charge is 2.08. The second-order valence-corrected chi connectivity index (χ2v) is 5.24. The van der Waals surface area contributed by atoms with E-state index in [0.29, 0.717) is 11.3 Å². The summed E-state index contributed by atoms with van der Waals surface area (Å²) in [6, 6.07) is 13.1. The van der Waals surface area contributed by atoms with Crippen molar-refractivity contribution in [3.8, 4) is 5.75 Å². The van der Waals surface area contributed by atoms with Crippen LogP contribution in [-0.4, -0.2) is 23.6 Å². The molecule has 2 aromatic rings. The molecule has 0 saturated carbocycles. The third kappa shape index (κ3) is 4.06. The van der Waals surface area contributed by atoms with E-state index >= 15 is 0 Å². The van der Waals surface area contributed by atoms with E-state index in [1.54, 1.807) is 43.5 Å². The van der Waals surface area contributed by atoms with Gasteiger partial charge in [0.05, 0.1) is 17.8 Å². The van der Waals surface area contributed by atoms with E-state index in [1.807, 2.05) is 0 Å². The molecular formula is C15H13NO4S. The fourth-order valence-electron chi connectivity index (χ4n) is 1.67. The van der Waals surface area contributed by atoms with Crippen LogP contribution in [0.5, 0.6) is 5.75 Å². The molecule has 2 aromatic carbocycles. The molecule has 0 N–H and O–H groups in total. The zero-order valence-electron chi connectivity index (χ0n) is 11.3. The lowest BCUT2D eigenvalue weighted by Gasteiger charge is -2.03. The van der Waals surface area contributed by atoms with Gasteiger partial charge in [0.2, 0.25) is 0 Å². The summed E-state index contributed by atoms with van der Waals surface area (Å²) in [5.74, 6) is 0.986. The van der Waals surface area contributed by atoms with Gasteiger partial charge in [0.1, 0.15) is 5.75 Å². The van der Waals surface area contributed by atoms with Gasteiger partial charge in [-0.25, -0.2) is 0 Å². The SMILES string of the molecule is COc1ccc(C(=O)CSc2ccc([N+](=O)[O-])cc2)cc1. The Hall–Kier alpha value is -2.34. The van der Waals surface area contributed by atoms with Crippen molar-refractivity contribution < 1.29 is 14.5 Å². The first kappa shape index (κ1) is 15.1. The maximum Gasteiger partial charge on any atom is 0.269 e. The third-order valence-corrected chi connectivity index (χ3v) is 3.84. The standard InChI is InChI=1S/C15H13NO4S/c1-20-13-6-2-11(3-7-13)15(17)10-21-14-8-4-12(5-9-14)16(18)19/h2-9H,10H2,1H3. The lowest BCUT2D eigenvalue weighted by atomic mass is 10.1. The molecule has 0 heterocycles. The van der Waals surface area contributed by atoms with Gasteiger partial charge in [-0.05, 0) is 36.4 Å². The van der Waals surface area contributed by atoms with Gasteiger partial charge >= 0.3 is 0 Å². The maximum absolute atomic E-state index is 12.0. The molecule has 0 amide bonds. The predicted octanol–water partition coefficient (Wildman–Crippen LogP) is 3.58. The number of thioether (sulfide) groups is 1. The largest absolute Gasteiger partial charge is 0.497 e. The van der Waals surface area contributed by atoms with Gasteiger partial charge in [-0.2, -0.15) is 0 Å². The quantitative estimate of drug-likeness (QED) is 0.353. The summed E-state index contributed by atoms with van der Waals surface area (Å²) < 4.78 is 5.04. The second kappa shape index (κ2) is 6.90. The molecule has 0 aromatic heterocycles. The first-order valence-electron chi connectivity index (χ1n) is 6.14. The van der Waals surface area contributed by atoms with E-state index in [2.05, 4.69) is 0 Å². The Morgan fingerprint density at radius 2 is 1.76 bits per heavy atom. The van der Waals surface area contributed by atoms with Crippen molar-refractivity contribution in [1.29, 1.82) is 0 Å². The van der Waals surface area contributed by atoms with Crippen LogP contribution in [0, 0.1) is 10.1 Å². The van der Waals surface area contributed by atoms with Gasteiger partial charge in [-0.1, -0.05) is 0 Å². The molecule has 21 heavy (non-hydrogen) atoms. The molecule has 108 valence electrons. The van der Waals surface area contributed by atoms with Crippen molar-refractivity contribution in [3.05, 3.63) is 64.2 Å². The summed E-state index contributed by atoms with van der Waals surface area (Å²) in [4.78, 5) is 22.9. The van der Waals surface area contributed by atoms with Crippen molar-refractivity contribution >= 4 is 23.2 Å². The Morgan fingerprint density at radius 1 is 1.14 bits per heavy atom. The summed E-state index contributed by atoms with van der Waals surface area (Å²) in [7, 11) is 1.57. The fourth-order valence-corrected chi connectivity index (χ4v) is 2.47. The molecule has 0 aliphatic heterocycles. The lowest BCUT2D eigenvalue weighted by Crippen LogP contribution is -2.02. The van der Waals surface area contributed by atoms with Crippen LogP contribution in [0.1, 0.15) is 10.4 Å². The van der Waals surface area contributed by atoms with Crippen LogP contribution in [-0.2, 0) is 0 Å². The van der Waals surface area contributed by atoms with Crippen molar-refractivity contribution in [1.82, 2.24) is 0 Å². The number of ether oxygens (including phenoxy) is 1. The van der Waals surface area contributed by atoms with Crippen molar-refractivity contribution in [3.63, 3.8) is 0 Å². The smallest absolute Gasteiger partial charge is 0.269 e. The average Bonchev–Trinajstić information content (AvgIpc) is 2.53. The number of non-ortho nitro benzene ring substituents is 1. The molecule has 0 saturated heterocycles. The van der Waals surface area contributed by atoms with E-state index in [4.69, 9.17) is 4.74 Å². The summed E-state index contributed by atoms with van der Waals surface area (Å²) in [5.41, 5.74) is 0.658. The van der Waals surface area contributed by atoms with Crippen LogP contribution in [0.15, 0.2) is 53.4 Å². The van der Waals surface area contributed by atoms with Crippen LogP contribution in [0.3, 0.4) is 0 Å². The van der Waals surface area contributed by atoms with Crippen molar-refractivity contribution in [2.75, 3.05) is 12.9 Å². The van der Waals surface area contributed by atoms with E-state index < -0.39 is 4.92 Å². The molecular weight excluding hydrogens is 290 g/mol. The molecule has 0 spiro atoms. The van der Waals surface area contributed by atoms with Gasteiger partial charge < -0.3 is 4.74 Å². The molecule has 0 fully saturated rings. The van der Waals surface area contributed by atoms with Crippen LogP contribution >= 0.6 is 11.8 Å². The van der Waals surface area contributed by atoms with Gasteiger partial charge in [0.15, 0.2) is 5.78 Å². The van der Waals surface area contributed by atoms with Gasteiger partial charge in [0, 0.05) is 22.6 Å². The highest BCUT2D eigenvalue weighted by molar-refractivity contribution is 8.00. The molecule has 0 aliphatic carbocycles. The Morgan fingerprint density at radius 3 is 2.29 bits per heavy atom. The molecule has 0 bridgehead atoms. The molecule has 0 radical (unpaired) electrons. The topological polar surface area (TPSA) is 69.4 Å². The molecule has 0 aliphatic rings. The number of nitrogens with zero attached hydrogens (tertiary/aromatic N) is 1. The van der Waals surface area contributed by atoms with Crippen molar-refractivity contribution in [2.24, 2.45) is 0 Å². The maximum atomic E-state index is 12.0. The minimum Gasteiger partial charge on any atom is -0.497 e. The number of ketones is 1. The summed E-state index contributed by atoms with van der Waals surface area (Å²) in [6.07, 6.45) is 0. The first-order chi connectivity index (χ1) is 10.1. The number of nitro benzene ring substituents is 1. The van der Waals surface area contributed by atoms with Gasteiger partial charge in [0.25, 0.3) is 5.69 Å². The number of rotatable bonds is 6. The zero-order chi connectivity index (χ0) is 15.2. The minimum absolute atomic E-state index is 0.000931. The van der Waals surface area contributed by atoms with Crippen LogP contribution in [0.4, 0.5) is 5.69 Å². The minimum atomic E-state index is -0.447. The Balaban J connectivity index is 1.95. The van der Waals surface area contributed by atoms with E-state index in [1.165, 1.54) is 23.9 Å². The number of nitro groups is 1. The first-order valence-corrected chi connectivity index (χ1v) is 7.13. The highest BCUT2D eigenvalue weighted by atomic mass is 32.2. The zero-order valence-corrected chi connectivity index (χ0v) is 12.1. The number of hydrogen-bond acceptors (Lipinski definition) is 5. The third-order valence-electron chi connectivity index (χ3n) is 2.83. The van der Waals surface area contributed by atoms with Gasteiger partial charge in [-0.15, -0.1) is 11.8 Å². The van der Waals surface area contributed by atoms with Gasteiger partial charge in [-0.3, -0.25) is 14.9 Å². The Kier molecular flexibility index (Phi) is 4.94. The molecule has 0 unspecified atom stereocenters. The average molecular weight is 303 g/mol. The van der Waals surface area contributed by atoms with E-state index in [-0.39, 0.29) is 17.2 Å². The highest BCUT2D eigenvalue weighted by Crippen LogP contribution is 2.22. The van der Waals surface area contributed by atoms with E-state index in [9.17, 15) is 14.9 Å². The molecule has 6 heteroatoms. The fraction of sp³-hybridized carbons (Fsp3) is 0.133. The summed E-state index contributed by atoms with van der Waals surface area (Å²) >= 11 is 1.35. The Labute approximate surface area is 126 Å². The molecule has 5 nitrogen and oxygen atoms in total. The van der Waals surface area contributed by atoms with Crippen molar-refractivity contribution in [2.45, 2.75) is 4.90 Å².